The number of benzene rings is 1. The van der Waals surface area contributed by atoms with E-state index in [1.165, 1.54) is 0 Å². The highest BCUT2D eigenvalue weighted by Gasteiger charge is 2.17. The van der Waals surface area contributed by atoms with Crippen molar-refractivity contribution in [3.05, 3.63) is 59.9 Å². The van der Waals surface area contributed by atoms with Gasteiger partial charge in [0.25, 0.3) is 5.91 Å². The number of rotatable bonds is 2. The second-order valence-corrected chi connectivity index (χ2v) is 4.11. The van der Waals surface area contributed by atoms with Gasteiger partial charge in [0.15, 0.2) is 0 Å². The van der Waals surface area contributed by atoms with Crippen LogP contribution in [0.4, 0.5) is 5.69 Å². The molecule has 2 aromatic rings. The quantitative estimate of drug-likeness (QED) is 0.840. The van der Waals surface area contributed by atoms with Crippen LogP contribution in [0.3, 0.4) is 0 Å². The smallest absolute Gasteiger partial charge is 0.277 e. The Morgan fingerprint density at radius 1 is 1.25 bits per heavy atom. The molecule has 0 radical (unpaired) electrons. The Kier molecular flexibility index (Phi) is 4.48. The molecule has 1 aromatic heterocycles. The number of hydrogen-bond acceptors (Lipinski definition) is 3. The Morgan fingerprint density at radius 3 is 2.70 bits per heavy atom. The number of carbonyl (C=O) groups excluding carboxylic acids is 1. The van der Waals surface area contributed by atoms with Gasteiger partial charge in [-0.25, -0.2) is 4.98 Å². The highest BCUT2D eigenvalue weighted by molar-refractivity contribution is 6.05. The molecule has 0 aliphatic rings. The van der Waals surface area contributed by atoms with Crippen LogP contribution in [0.2, 0.25) is 0 Å². The molecular formula is C16H15N3O. The molecule has 20 heavy (non-hydrogen) atoms. The number of para-hydroxylation sites is 1. The summed E-state index contributed by atoms with van der Waals surface area (Å²) in [6.45, 7) is 0.247. The number of amides is 1. The molecule has 0 saturated carbocycles. The van der Waals surface area contributed by atoms with Crippen LogP contribution in [0.1, 0.15) is 16.1 Å². The Balaban J connectivity index is 2.34. The first kappa shape index (κ1) is 13.8. The van der Waals surface area contributed by atoms with Crippen molar-refractivity contribution in [2.24, 2.45) is 5.73 Å². The lowest BCUT2D eigenvalue weighted by Gasteiger charge is -2.17. The third-order valence-corrected chi connectivity index (χ3v) is 2.78. The van der Waals surface area contributed by atoms with Crippen molar-refractivity contribution in [1.82, 2.24) is 4.98 Å². The van der Waals surface area contributed by atoms with Crippen LogP contribution in [-0.2, 0) is 0 Å². The van der Waals surface area contributed by atoms with Gasteiger partial charge in [0, 0.05) is 18.9 Å². The highest BCUT2D eigenvalue weighted by atomic mass is 16.2. The summed E-state index contributed by atoms with van der Waals surface area (Å²) >= 11 is 0. The number of aromatic nitrogens is 1. The lowest BCUT2D eigenvalue weighted by Crippen LogP contribution is -2.27. The number of nitrogens with zero attached hydrogens (tertiary/aromatic N) is 2. The van der Waals surface area contributed by atoms with E-state index in [1.807, 2.05) is 30.3 Å². The predicted octanol–water partition coefficient (Wildman–Crippen LogP) is 1.67. The summed E-state index contributed by atoms with van der Waals surface area (Å²) in [5.74, 6) is 5.42. The zero-order valence-corrected chi connectivity index (χ0v) is 11.2. The number of anilines is 1. The minimum absolute atomic E-state index is 0.196. The van der Waals surface area contributed by atoms with E-state index >= 15 is 0 Å². The average Bonchev–Trinajstić information content (AvgIpc) is 2.52. The summed E-state index contributed by atoms with van der Waals surface area (Å²) < 4.78 is 0. The standard InChI is InChI=1S/C16H15N3O/c1-19(14-9-3-2-4-10-14)16(20)15-13(7-5-11-17)8-6-12-18-15/h2-4,6,8-10,12H,11,17H2,1H3. The zero-order chi connectivity index (χ0) is 14.4. The van der Waals surface area contributed by atoms with Crippen LogP contribution in [0.15, 0.2) is 48.7 Å². The summed E-state index contributed by atoms with van der Waals surface area (Å²) in [5.41, 5.74) is 7.09. The molecule has 0 aliphatic carbocycles. The maximum absolute atomic E-state index is 12.5. The molecule has 0 atom stereocenters. The molecule has 1 amide bonds. The fraction of sp³-hybridized carbons (Fsp3) is 0.125. The molecule has 0 aliphatic heterocycles. The van der Waals surface area contributed by atoms with Crippen molar-refractivity contribution in [3.8, 4) is 11.8 Å². The summed E-state index contributed by atoms with van der Waals surface area (Å²) in [4.78, 5) is 18.2. The van der Waals surface area contributed by atoms with E-state index in [0.29, 0.717) is 11.3 Å². The van der Waals surface area contributed by atoms with Crippen LogP contribution in [0.25, 0.3) is 0 Å². The lowest BCUT2D eigenvalue weighted by molar-refractivity contribution is 0.0988. The van der Waals surface area contributed by atoms with Crippen molar-refractivity contribution < 1.29 is 4.79 Å². The van der Waals surface area contributed by atoms with Crippen LogP contribution >= 0.6 is 0 Å². The molecule has 0 unspecified atom stereocenters. The van der Waals surface area contributed by atoms with Crippen molar-refractivity contribution in [2.45, 2.75) is 0 Å². The first-order valence-electron chi connectivity index (χ1n) is 6.21. The summed E-state index contributed by atoms with van der Waals surface area (Å²) in [7, 11) is 1.71. The van der Waals surface area contributed by atoms with E-state index in [1.54, 1.807) is 30.3 Å². The van der Waals surface area contributed by atoms with Crippen LogP contribution in [0.5, 0.6) is 0 Å². The maximum Gasteiger partial charge on any atom is 0.277 e. The van der Waals surface area contributed by atoms with Gasteiger partial charge in [-0.1, -0.05) is 30.0 Å². The molecule has 4 nitrogen and oxygen atoms in total. The molecule has 4 heteroatoms. The topological polar surface area (TPSA) is 59.2 Å². The highest BCUT2D eigenvalue weighted by Crippen LogP contribution is 2.15. The van der Waals surface area contributed by atoms with Gasteiger partial charge in [0.1, 0.15) is 5.69 Å². The van der Waals surface area contributed by atoms with E-state index in [2.05, 4.69) is 16.8 Å². The van der Waals surface area contributed by atoms with Crippen molar-refractivity contribution in [3.63, 3.8) is 0 Å². The van der Waals surface area contributed by atoms with Gasteiger partial charge in [-0.15, -0.1) is 0 Å². The minimum Gasteiger partial charge on any atom is -0.320 e. The third kappa shape index (κ3) is 3.02. The number of hydrogen-bond donors (Lipinski definition) is 1. The molecule has 2 N–H and O–H groups in total. The van der Waals surface area contributed by atoms with Gasteiger partial charge in [-0.2, -0.15) is 0 Å². The molecular weight excluding hydrogens is 250 g/mol. The van der Waals surface area contributed by atoms with Crippen LogP contribution in [0, 0.1) is 11.8 Å². The monoisotopic (exact) mass is 265 g/mol. The van der Waals surface area contributed by atoms with Crippen molar-refractivity contribution >= 4 is 11.6 Å². The van der Waals surface area contributed by atoms with Gasteiger partial charge in [0.05, 0.1) is 12.1 Å². The number of nitrogens with two attached hydrogens (primary N) is 1. The van der Waals surface area contributed by atoms with Crippen molar-refractivity contribution in [2.75, 3.05) is 18.5 Å². The number of carbonyl (C=O) groups is 1. The van der Waals surface area contributed by atoms with Crippen molar-refractivity contribution in [1.29, 1.82) is 0 Å². The zero-order valence-electron chi connectivity index (χ0n) is 11.2. The van der Waals surface area contributed by atoms with Gasteiger partial charge in [-0.3, -0.25) is 4.79 Å². The lowest BCUT2D eigenvalue weighted by atomic mass is 10.1. The minimum atomic E-state index is -0.196. The Bertz CT molecular complexity index is 656. The molecule has 1 heterocycles. The molecule has 2 rings (SSSR count). The summed E-state index contributed by atoms with van der Waals surface area (Å²) in [6, 6.07) is 12.9. The second-order valence-electron chi connectivity index (χ2n) is 4.11. The summed E-state index contributed by atoms with van der Waals surface area (Å²) in [6.07, 6.45) is 1.58. The van der Waals surface area contributed by atoms with Gasteiger partial charge >= 0.3 is 0 Å². The van der Waals surface area contributed by atoms with Gasteiger partial charge < -0.3 is 10.6 Å². The largest absolute Gasteiger partial charge is 0.320 e. The van der Waals surface area contributed by atoms with E-state index < -0.39 is 0 Å². The molecule has 100 valence electrons. The number of pyridine rings is 1. The molecule has 0 spiro atoms. The maximum atomic E-state index is 12.5. The molecule has 0 fully saturated rings. The normalized spacial score (nSPS) is 9.50. The molecule has 0 bridgehead atoms. The van der Waals surface area contributed by atoms with Crippen LogP contribution < -0.4 is 10.6 Å². The predicted molar refractivity (Wildman–Crippen MR) is 79.3 cm³/mol. The van der Waals surface area contributed by atoms with Gasteiger partial charge in [-0.05, 0) is 24.3 Å². The third-order valence-electron chi connectivity index (χ3n) is 2.78. The second kappa shape index (κ2) is 6.50. The van der Waals surface area contributed by atoms with E-state index in [9.17, 15) is 4.79 Å². The Morgan fingerprint density at radius 2 is 2.00 bits per heavy atom. The van der Waals surface area contributed by atoms with E-state index in [4.69, 9.17) is 5.73 Å². The fourth-order valence-corrected chi connectivity index (χ4v) is 1.75. The first-order chi connectivity index (χ1) is 9.74. The van der Waals surface area contributed by atoms with Gasteiger partial charge in [0.2, 0.25) is 0 Å². The SMILES string of the molecule is CN(C(=O)c1ncccc1C#CCN)c1ccccc1. The Labute approximate surface area is 118 Å². The molecule has 0 saturated heterocycles. The summed E-state index contributed by atoms with van der Waals surface area (Å²) in [5, 5.41) is 0. The first-order valence-corrected chi connectivity index (χ1v) is 6.21. The van der Waals surface area contributed by atoms with E-state index in [-0.39, 0.29) is 12.5 Å². The van der Waals surface area contributed by atoms with E-state index in [0.717, 1.165) is 5.69 Å². The van der Waals surface area contributed by atoms with Crippen LogP contribution in [-0.4, -0.2) is 24.5 Å². The fourth-order valence-electron chi connectivity index (χ4n) is 1.75. The Hall–Kier alpha value is -2.64. The average molecular weight is 265 g/mol. The molecule has 1 aromatic carbocycles.